The summed E-state index contributed by atoms with van der Waals surface area (Å²) in [5, 5.41) is 3.56. The van der Waals surface area contributed by atoms with Crippen molar-refractivity contribution < 1.29 is 4.74 Å². The molecule has 0 unspecified atom stereocenters. The summed E-state index contributed by atoms with van der Waals surface area (Å²) in [4.78, 5) is 11.6. The molecule has 3 rings (SSSR count). The molecule has 1 N–H and O–H groups in total. The first kappa shape index (κ1) is 18.8. The van der Waals surface area contributed by atoms with Gasteiger partial charge in [0.15, 0.2) is 0 Å². The van der Waals surface area contributed by atoms with E-state index < -0.39 is 0 Å². The standard InChI is InChI=1S/C21H30N4O/c1-3-19-8-9-23-21(24-19)15-17-6-7-20(26-2)18(14-17)16-22-10-13-25-11-4-5-12-25/h6-9,14,22H,3-5,10-13,15-16H2,1-2H3. The fourth-order valence-electron chi connectivity index (χ4n) is 3.45. The lowest BCUT2D eigenvalue weighted by Gasteiger charge is -2.16. The van der Waals surface area contributed by atoms with E-state index in [-0.39, 0.29) is 0 Å². The van der Waals surface area contributed by atoms with Crippen LogP contribution < -0.4 is 10.1 Å². The van der Waals surface area contributed by atoms with Gasteiger partial charge in [-0.25, -0.2) is 9.97 Å². The van der Waals surface area contributed by atoms with E-state index in [1.807, 2.05) is 12.3 Å². The van der Waals surface area contributed by atoms with Gasteiger partial charge in [0.2, 0.25) is 0 Å². The smallest absolute Gasteiger partial charge is 0.132 e. The van der Waals surface area contributed by atoms with Crippen molar-refractivity contribution in [2.75, 3.05) is 33.3 Å². The molecular weight excluding hydrogens is 324 g/mol. The normalized spacial score (nSPS) is 14.7. The zero-order chi connectivity index (χ0) is 18.2. The Morgan fingerprint density at radius 3 is 2.81 bits per heavy atom. The molecule has 0 saturated carbocycles. The number of aryl methyl sites for hydroxylation is 1. The quantitative estimate of drug-likeness (QED) is 0.702. The third-order valence-corrected chi connectivity index (χ3v) is 4.95. The topological polar surface area (TPSA) is 50.3 Å². The number of hydrogen-bond acceptors (Lipinski definition) is 5. The van der Waals surface area contributed by atoms with E-state index >= 15 is 0 Å². The minimum atomic E-state index is 0.749. The van der Waals surface area contributed by atoms with Crippen molar-refractivity contribution in [3.05, 3.63) is 53.1 Å². The summed E-state index contributed by atoms with van der Waals surface area (Å²) in [5.41, 5.74) is 3.50. The number of methoxy groups -OCH3 is 1. The van der Waals surface area contributed by atoms with Crippen molar-refractivity contribution >= 4 is 0 Å². The number of benzene rings is 1. The average Bonchev–Trinajstić information content (AvgIpc) is 3.19. The Hall–Kier alpha value is -1.98. The van der Waals surface area contributed by atoms with E-state index in [4.69, 9.17) is 4.74 Å². The van der Waals surface area contributed by atoms with Gasteiger partial charge < -0.3 is 15.0 Å². The first-order valence-electron chi connectivity index (χ1n) is 9.68. The maximum atomic E-state index is 5.54. The first-order chi connectivity index (χ1) is 12.8. The lowest BCUT2D eigenvalue weighted by Crippen LogP contribution is -2.29. The Morgan fingerprint density at radius 1 is 1.19 bits per heavy atom. The summed E-state index contributed by atoms with van der Waals surface area (Å²) >= 11 is 0. The number of ether oxygens (including phenoxy) is 1. The maximum absolute atomic E-state index is 5.54. The molecule has 1 aliphatic heterocycles. The number of aromatic nitrogens is 2. The lowest BCUT2D eigenvalue weighted by molar-refractivity contribution is 0.335. The van der Waals surface area contributed by atoms with Crippen molar-refractivity contribution in [1.29, 1.82) is 0 Å². The second-order valence-electron chi connectivity index (χ2n) is 6.87. The molecule has 2 heterocycles. The zero-order valence-corrected chi connectivity index (χ0v) is 16.0. The molecule has 0 atom stereocenters. The van der Waals surface area contributed by atoms with Gasteiger partial charge in [0, 0.05) is 43.5 Å². The molecule has 0 bridgehead atoms. The Bertz CT molecular complexity index is 698. The number of hydrogen-bond donors (Lipinski definition) is 1. The second kappa shape index (κ2) is 9.64. The average molecular weight is 354 g/mol. The van der Waals surface area contributed by atoms with E-state index in [9.17, 15) is 0 Å². The molecule has 1 aliphatic rings. The SMILES string of the molecule is CCc1ccnc(Cc2ccc(OC)c(CNCCN3CCCC3)c2)n1. The van der Waals surface area contributed by atoms with E-state index in [0.29, 0.717) is 0 Å². The van der Waals surface area contributed by atoms with Gasteiger partial charge in [0.1, 0.15) is 11.6 Å². The Labute approximate surface area is 156 Å². The predicted octanol–water partition coefficient (Wildman–Crippen LogP) is 2.82. The number of rotatable bonds is 9. The van der Waals surface area contributed by atoms with Crippen LogP contribution in [0.25, 0.3) is 0 Å². The van der Waals surface area contributed by atoms with Crippen molar-refractivity contribution in [1.82, 2.24) is 20.2 Å². The minimum Gasteiger partial charge on any atom is -0.496 e. The molecule has 140 valence electrons. The molecule has 1 aromatic carbocycles. The third kappa shape index (κ3) is 5.26. The minimum absolute atomic E-state index is 0.749. The van der Waals surface area contributed by atoms with Crippen LogP contribution in [0.1, 0.15) is 42.4 Å². The van der Waals surface area contributed by atoms with Gasteiger partial charge in [-0.1, -0.05) is 19.1 Å². The van der Waals surface area contributed by atoms with Gasteiger partial charge >= 0.3 is 0 Å². The monoisotopic (exact) mass is 354 g/mol. The van der Waals surface area contributed by atoms with Crippen LogP contribution >= 0.6 is 0 Å². The summed E-state index contributed by atoms with van der Waals surface area (Å²) in [5.74, 6) is 1.81. The summed E-state index contributed by atoms with van der Waals surface area (Å²) < 4.78 is 5.54. The Morgan fingerprint density at radius 2 is 2.04 bits per heavy atom. The van der Waals surface area contributed by atoms with Crippen LogP contribution in [0.5, 0.6) is 5.75 Å². The second-order valence-corrected chi connectivity index (χ2v) is 6.87. The largest absolute Gasteiger partial charge is 0.496 e. The van der Waals surface area contributed by atoms with Gasteiger partial charge in [0.25, 0.3) is 0 Å². The first-order valence-corrected chi connectivity index (χ1v) is 9.68. The molecule has 0 spiro atoms. The Kier molecular flexibility index (Phi) is 6.97. The molecule has 2 aromatic rings. The molecule has 0 aliphatic carbocycles. The van der Waals surface area contributed by atoms with Crippen LogP contribution in [0, 0.1) is 0 Å². The van der Waals surface area contributed by atoms with Crippen LogP contribution in [0.3, 0.4) is 0 Å². The highest BCUT2D eigenvalue weighted by molar-refractivity contribution is 5.38. The van der Waals surface area contributed by atoms with Crippen LogP contribution in [-0.4, -0.2) is 48.2 Å². The number of nitrogens with one attached hydrogen (secondary N) is 1. The third-order valence-electron chi connectivity index (χ3n) is 4.95. The maximum Gasteiger partial charge on any atom is 0.132 e. The summed E-state index contributed by atoms with van der Waals surface area (Å²) in [6, 6.07) is 8.35. The fraction of sp³-hybridized carbons (Fsp3) is 0.524. The molecular formula is C21H30N4O. The van der Waals surface area contributed by atoms with Crippen molar-refractivity contribution in [2.24, 2.45) is 0 Å². The van der Waals surface area contributed by atoms with E-state index in [1.54, 1.807) is 7.11 Å². The van der Waals surface area contributed by atoms with Crippen molar-refractivity contribution in [3.8, 4) is 5.75 Å². The van der Waals surface area contributed by atoms with Gasteiger partial charge in [-0.3, -0.25) is 0 Å². The van der Waals surface area contributed by atoms with E-state index in [0.717, 1.165) is 49.7 Å². The summed E-state index contributed by atoms with van der Waals surface area (Å²) in [6.45, 7) is 7.56. The zero-order valence-electron chi connectivity index (χ0n) is 16.0. The van der Waals surface area contributed by atoms with Crippen LogP contribution in [0.2, 0.25) is 0 Å². The van der Waals surface area contributed by atoms with E-state index in [1.165, 1.54) is 37.1 Å². The van der Waals surface area contributed by atoms with Crippen LogP contribution in [-0.2, 0) is 19.4 Å². The lowest BCUT2D eigenvalue weighted by atomic mass is 10.1. The molecule has 1 saturated heterocycles. The molecule has 0 radical (unpaired) electrons. The Balaban J connectivity index is 1.59. The molecule has 5 nitrogen and oxygen atoms in total. The van der Waals surface area contributed by atoms with E-state index in [2.05, 4.69) is 45.3 Å². The molecule has 1 fully saturated rings. The van der Waals surface area contributed by atoms with Crippen molar-refractivity contribution in [2.45, 2.75) is 39.2 Å². The highest BCUT2D eigenvalue weighted by atomic mass is 16.5. The number of likely N-dealkylation sites (tertiary alicyclic amines) is 1. The summed E-state index contributed by atoms with van der Waals surface area (Å²) in [7, 11) is 1.73. The van der Waals surface area contributed by atoms with Gasteiger partial charge in [-0.15, -0.1) is 0 Å². The molecule has 1 aromatic heterocycles. The predicted molar refractivity (Wildman–Crippen MR) is 105 cm³/mol. The van der Waals surface area contributed by atoms with Crippen LogP contribution in [0.15, 0.2) is 30.5 Å². The fourth-order valence-corrected chi connectivity index (χ4v) is 3.45. The highest BCUT2D eigenvalue weighted by Gasteiger charge is 2.11. The van der Waals surface area contributed by atoms with Gasteiger partial charge in [0.05, 0.1) is 7.11 Å². The molecule has 5 heteroatoms. The highest BCUT2D eigenvalue weighted by Crippen LogP contribution is 2.21. The van der Waals surface area contributed by atoms with Gasteiger partial charge in [-0.05, 0) is 50.0 Å². The molecule has 26 heavy (non-hydrogen) atoms. The van der Waals surface area contributed by atoms with Crippen molar-refractivity contribution in [3.63, 3.8) is 0 Å². The van der Waals surface area contributed by atoms with Crippen LogP contribution in [0.4, 0.5) is 0 Å². The molecule has 0 amide bonds. The summed E-state index contributed by atoms with van der Waals surface area (Å²) in [6.07, 6.45) is 6.22. The number of nitrogens with zero attached hydrogens (tertiary/aromatic N) is 3. The van der Waals surface area contributed by atoms with Gasteiger partial charge in [-0.2, -0.15) is 0 Å².